The van der Waals surface area contributed by atoms with E-state index in [-0.39, 0.29) is 0 Å². The van der Waals surface area contributed by atoms with Gasteiger partial charge in [-0.1, -0.05) is 22.9 Å². The van der Waals surface area contributed by atoms with Crippen molar-refractivity contribution in [3.05, 3.63) is 40.1 Å². The molecular weight excluding hydrogens is 306 g/mol. The van der Waals surface area contributed by atoms with E-state index in [0.717, 1.165) is 34.6 Å². The molecule has 2 N–H and O–H groups in total. The number of nitrogens with zero attached hydrogens (tertiary/aromatic N) is 2. The molecular formula is C14H18BrN3O. The minimum Gasteiger partial charge on any atom is -0.487 e. The summed E-state index contributed by atoms with van der Waals surface area (Å²) in [6.45, 7) is 5.52. The molecule has 2 aromatic rings. The molecule has 0 bridgehead atoms. The van der Waals surface area contributed by atoms with Gasteiger partial charge in [-0.05, 0) is 31.5 Å². The van der Waals surface area contributed by atoms with E-state index in [0.29, 0.717) is 12.3 Å². The maximum atomic E-state index is 5.78. The summed E-state index contributed by atoms with van der Waals surface area (Å²) in [5.41, 5.74) is 8.64. The maximum Gasteiger partial charge on any atom is 0.130 e. The highest BCUT2D eigenvalue weighted by Gasteiger charge is 2.07. The SMILES string of the molecule is CCc1cc(COc2cc(N)cc(Br)c2)n(CC)n1. The Kier molecular flexibility index (Phi) is 4.47. The first kappa shape index (κ1) is 13.9. The Bertz CT molecular complexity index is 546. The Balaban J connectivity index is 2.11. The summed E-state index contributed by atoms with van der Waals surface area (Å²) in [6.07, 6.45) is 0.934. The summed E-state index contributed by atoms with van der Waals surface area (Å²) in [7, 11) is 0. The normalized spacial score (nSPS) is 10.7. The lowest BCUT2D eigenvalue weighted by molar-refractivity contribution is 0.292. The zero-order chi connectivity index (χ0) is 13.8. The quantitative estimate of drug-likeness (QED) is 0.858. The van der Waals surface area contributed by atoms with Crippen LogP contribution in [0.15, 0.2) is 28.7 Å². The molecule has 4 nitrogen and oxygen atoms in total. The molecule has 0 saturated carbocycles. The monoisotopic (exact) mass is 323 g/mol. The predicted octanol–water partition coefficient (Wildman–Crippen LogP) is 3.39. The van der Waals surface area contributed by atoms with Crippen molar-refractivity contribution >= 4 is 21.6 Å². The third-order valence-electron chi connectivity index (χ3n) is 2.86. The molecule has 0 unspecified atom stereocenters. The van der Waals surface area contributed by atoms with Crippen molar-refractivity contribution in [1.82, 2.24) is 9.78 Å². The van der Waals surface area contributed by atoms with Gasteiger partial charge >= 0.3 is 0 Å². The molecule has 1 aromatic heterocycles. The number of rotatable bonds is 5. The van der Waals surface area contributed by atoms with E-state index >= 15 is 0 Å². The molecule has 0 aliphatic rings. The minimum absolute atomic E-state index is 0.497. The van der Waals surface area contributed by atoms with Crippen molar-refractivity contribution in [1.29, 1.82) is 0 Å². The van der Waals surface area contributed by atoms with Gasteiger partial charge in [0.25, 0.3) is 0 Å². The van der Waals surface area contributed by atoms with Crippen LogP contribution in [0.5, 0.6) is 5.75 Å². The highest BCUT2D eigenvalue weighted by atomic mass is 79.9. The molecule has 0 spiro atoms. The van der Waals surface area contributed by atoms with E-state index in [4.69, 9.17) is 10.5 Å². The molecule has 0 aliphatic heterocycles. The van der Waals surface area contributed by atoms with Gasteiger partial charge < -0.3 is 10.5 Å². The van der Waals surface area contributed by atoms with Crippen molar-refractivity contribution in [2.24, 2.45) is 0 Å². The van der Waals surface area contributed by atoms with E-state index in [2.05, 4.69) is 40.9 Å². The van der Waals surface area contributed by atoms with Gasteiger partial charge in [0.15, 0.2) is 0 Å². The average molecular weight is 324 g/mol. The topological polar surface area (TPSA) is 53.1 Å². The molecule has 0 radical (unpaired) electrons. The fraction of sp³-hybridized carbons (Fsp3) is 0.357. The second kappa shape index (κ2) is 6.10. The highest BCUT2D eigenvalue weighted by Crippen LogP contribution is 2.23. The number of hydrogen-bond acceptors (Lipinski definition) is 3. The number of hydrogen-bond donors (Lipinski definition) is 1. The third kappa shape index (κ3) is 3.50. The third-order valence-corrected chi connectivity index (χ3v) is 3.31. The first-order chi connectivity index (χ1) is 9.12. The molecule has 19 heavy (non-hydrogen) atoms. The van der Waals surface area contributed by atoms with Crippen molar-refractivity contribution in [3.8, 4) is 5.75 Å². The molecule has 5 heteroatoms. The molecule has 0 amide bonds. The zero-order valence-electron chi connectivity index (χ0n) is 11.2. The molecule has 1 heterocycles. The predicted molar refractivity (Wildman–Crippen MR) is 80.2 cm³/mol. The van der Waals surface area contributed by atoms with Crippen LogP contribution in [0, 0.1) is 0 Å². The number of anilines is 1. The van der Waals surface area contributed by atoms with Crippen molar-refractivity contribution in [2.75, 3.05) is 5.73 Å². The van der Waals surface area contributed by atoms with E-state index in [1.807, 2.05) is 22.9 Å². The minimum atomic E-state index is 0.497. The van der Waals surface area contributed by atoms with Crippen LogP contribution in [-0.4, -0.2) is 9.78 Å². The van der Waals surface area contributed by atoms with Gasteiger partial charge in [-0.3, -0.25) is 4.68 Å². The second-order valence-corrected chi connectivity index (χ2v) is 5.22. The van der Waals surface area contributed by atoms with Crippen LogP contribution in [0.2, 0.25) is 0 Å². The fourth-order valence-corrected chi connectivity index (χ4v) is 2.39. The van der Waals surface area contributed by atoms with E-state index < -0.39 is 0 Å². The van der Waals surface area contributed by atoms with E-state index in [1.54, 1.807) is 0 Å². The number of aromatic nitrogens is 2. The van der Waals surface area contributed by atoms with Gasteiger partial charge in [0, 0.05) is 22.8 Å². The molecule has 0 atom stereocenters. The lowest BCUT2D eigenvalue weighted by Crippen LogP contribution is -2.06. The number of ether oxygens (including phenoxy) is 1. The molecule has 0 fully saturated rings. The van der Waals surface area contributed by atoms with Crippen LogP contribution in [0.25, 0.3) is 0 Å². The molecule has 1 aromatic carbocycles. The van der Waals surface area contributed by atoms with Crippen LogP contribution in [0.3, 0.4) is 0 Å². The van der Waals surface area contributed by atoms with E-state index in [1.165, 1.54) is 0 Å². The van der Waals surface area contributed by atoms with Gasteiger partial charge in [0.05, 0.1) is 11.4 Å². The van der Waals surface area contributed by atoms with Crippen LogP contribution >= 0.6 is 15.9 Å². The Morgan fingerprint density at radius 2 is 2.05 bits per heavy atom. The van der Waals surface area contributed by atoms with Gasteiger partial charge in [0.2, 0.25) is 0 Å². The van der Waals surface area contributed by atoms with Gasteiger partial charge in [-0.15, -0.1) is 0 Å². The van der Waals surface area contributed by atoms with Gasteiger partial charge in [0.1, 0.15) is 12.4 Å². The first-order valence-corrected chi connectivity index (χ1v) is 7.16. The van der Waals surface area contributed by atoms with Crippen molar-refractivity contribution in [2.45, 2.75) is 33.4 Å². The lowest BCUT2D eigenvalue weighted by atomic mass is 10.3. The number of nitrogens with two attached hydrogens (primary N) is 1. The largest absolute Gasteiger partial charge is 0.487 e. The average Bonchev–Trinajstić information content (AvgIpc) is 2.77. The Labute approximate surface area is 121 Å². The smallest absolute Gasteiger partial charge is 0.130 e. The lowest BCUT2D eigenvalue weighted by Gasteiger charge is -2.08. The number of halogens is 1. The zero-order valence-corrected chi connectivity index (χ0v) is 12.8. The molecule has 102 valence electrons. The van der Waals surface area contributed by atoms with Crippen LogP contribution in [0.1, 0.15) is 25.2 Å². The van der Waals surface area contributed by atoms with Crippen LogP contribution in [0.4, 0.5) is 5.69 Å². The summed E-state index contributed by atoms with van der Waals surface area (Å²) in [6, 6.07) is 7.66. The number of nitrogen functional groups attached to an aromatic ring is 1. The maximum absolute atomic E-state index is 5.78. The summed E-state index contributed by atoms with van der Waals surface area (Å²) < 4.78 is 8.67. The Hall–Kier alpha value is -1.49. The fourth-order valence-electron chi connectivity index (χ4n) is 1.90. The molecule has 2 rings (SSSR count). The molecule has 0 aliphatic carbocycles. The van der Waals surface area contributed by atoms with Crippen molar-refractivity contribution < 1.29 is 4.74 Å². The first-order valence-electron chi connectivity index (χ1n) is 6.36. The van der Waals surface area contributed by atoms with E-state index in [9.17, 15) is 0 Å². The van der Waals surface area contributed by atoms with Crippen LogP contribution in [-0.2, 0) is 19.6 Å². The summed E-state index contributed by atoms with van der Waals surface area (Å²) >= 11 is 3.41. The summed E-state index contributed by atoms with van der Waals surface area (Å²) in [5.74, 6) is 0.758. The second-order valence-electron chi connectivity index (χ2n) is 4.31. The molecule has 0 saturated heterocycles. The summed E-state index contributed by atoms with van der Waals surface area (Å²) in [5, 5.41) is 4.50. The number of aryl methyl sites for hydroxylation is 2. The van der Waals surface area contributed by atoms with Crippen molar-refractivity contribution in [3.63, 3.8) is 0 Å². The summed E-state index contributed by atoms with van der Waals surface area (Å²) in [4.78, 5) is 0. The Morgan fingerprint density at radius 1 is 1.26 bits per heavy atom. The Morgan fingerprint density at radius 3 is 2.68 bits per heavy atom. The van der Waals surface area contributed by atoms with Gasteiger partial charge in [-0.2, -0.15) is 5.10 Å². The van der Waals surface area contributed by atoms with Gasteiger partial charge in [-0.25, -0.2) is 0 Å². The standard InChI is InChI=1S/C14H18BrN3O/c1-3-12-8-13(18(4-2)17-12)9-19-14-6-10(15)5-11(16)7-14/h5-8H,3-4,9,16H2,1-2H3. The highest BCUT2D eigenvalue weighted by molar-refractivity contribution is 9.10. The number of benzene rings is 1. The van der Waals surface area contributed by atoms with Crippen LogP contribution < -0.4 is 10.5 Å².